The van der Waals surface area contributed by atoms with Gasteiger partial charge in [-0.25, -0.2) is 9.37 Å². The Morgan fingerprint density at radius 1 is 1.13 bits per heavy atom. The number of hydrogen-bond acceptors (Lipinski definition) is 5. The molecular formula is C23H23FN2O4. The summed E-state index contributed by atoms with van der Waals surface area (Å²) in [4.78, 5) is 28.4. The molecular weight excluding hydrogens is 387 g/mol. The summed E-state index contributed by atoms with van der Waals surface area (Å²) < 4.78 is 23.8. The Morgan fingerprint density at radius 3 is 2.50 bits per heavy atom. The van der Waals surface area contributed by atoms with E-state index in [4.69, 9.17) is 9.15 Å². The zero-order chi connectivity index (χ0) is 21.5. The molecule has 0 aliphatic rings. The van der Waals surface area contributed by atoms with Crippen LogP contribution in [0.3, 0.4) is 0 Å². The van der Waals surface area contributed by atoms with Crippen LogP contribution in [0.2, 0.25) is 0 Å². The van der Waals surface area contributed by atoms with Gasteiger partial charge in [0.25, 0.3) is 5.91 Å². The Kier molecular flexibility index (Phi) is 6.95. The van der Waals surface area contributed by atoms with Crippen LogP contribution in [0.4, 0.5) is 10.1 Å². The van der Waals surface area contributed by atoms with Crippen molar-refractivity contribution in [2.45, 2.75) is 39.2 Å². The lowest BCUT2D eigenvalue weighted by atomic mass is 10.1. The lowest BCUT2D eigenvalue weighted by molar-refractivity contribution is -0.153. The molecule has 0 spiro atoms. The molecule has 7 heteroatoms. The number of aryl methyl sites for hydroxylation is 2. The van der Waals surface area contributed by atoms with Gasteiger partial charge in [-0.15, -0.1) is 0 Å². The normalized spacial score (nSPS) is 11.7. The molecule has 156 valence electrons. The maximum absolute atomic E-state index is 13.0. The summed E-state index contributed by atoms with van der Waals surface area (Å²) in [7, 11) is 0. The fourth-order valence-corrected chi connectivity index (χ4v) is 2.76. The maximum atomic E-state index is 13.0. The predicted molar refractivity (Wildman–Crippen MR) is 110 cm³/mol. The van der Waals surface area contributed by atoms with Crippen LogP contribution in [0.1, 0.15) is 31.7 Å². The molecule has 0 saturated heterocycles. The summed E-state index contributed by atoms with van der Waals surface area (Å²) in [6.45, 7) is 3.57. The molecule has 3 aromatic rings. The number of halogens is 1. The zero-order valence-corrected chi connectivity index (χ0v) is 16.9. The molecule has 1 aromatic heterocycles. The Labute approximate surface area is 174 Å². The molecule has 30 heavy (non-hydrogen) atoms. The molecule has 1 heterocycles. The molecule has 1 atom stereocenters. The van der Waals surface area contributed by atoms with Crippen molar-refractivity contribution in [3.8, 4) is 11.3 Å². The molecule has 2 aromatic carbocycles. The summed E-state index contributed by atoms with van der Waals surface area (Å²) in [5, 5.41) is 2.72. The van der Waals surface area contributed by atoms with Crippen molar-refractivity contribution >= 4 is 17.6 Å². The number of ether oxygens (including phenoxy) is 1. The van der Waals surface area contributed by atoms with Gasteiger partial charge in [0.15, 0.2) is 17.8 Å². The van der Waals surface area contributed by atoms with Gasteiger partial charge in [0, 0.05) is 17.7 Å². The minimum absolute atomic E-state index is 0.0200. The first-order valence-corrected chi connectivity index (χ1v) is 9.74. The molecule has 6 nitrogen and oxygen atoms in total. The van der Waals surface area contributed by atoms with Crippen molar-refractivity contribution in [2.24, 2.45) is 0 Å². The monoisotopic (exact) mass is 410 g/mol. The topological polar surface area (TPSA) is 81.4 Å². The SMILES string of the molecule is CCc1ccc(NC(=O)C(C)OC(=O)CCc2ncc(-c3ccc(F)cc3)o2)cc1. The average molecular weight is 410 g/mol. The molecule has 3 rings (SSSR count). The average Bonchev–Trinajstić information content (AvgIpc) is 3.22. The third-order valence-corrected chi connectivity index (χ3v) is 4.53. The number of nitrogens with zero attached hydrogens (tertiary/aromatic N) is 1. The minimum Gasteiger partial charge on any atom is -0.453 e. The van der Waals surface area contributed by atoms with Crippen LogP contribution in [-0.2, 0) is 27.2 Å². The van der Waals surface area contributed by atoms with Gasteiger partial charge in [-0.2, -0.15) is 0 Å². The summed E-state index contributed by atoms with van der Waals surface area (Å²) in [6, 6.07) is 13.3. The van der Waals surface area contributed by atoms with E-state index in [1.807, 2.05) is 24.3 Å². The number of carbonyl (C=O) groups excluding carboxylic acids is 2. The van der Waals surface area contributed by atoms with E-state index in [2.05, 4.69) is 17.2 Å². The smallest absolute Gasteiger partial charge is 0.307 e. The van der Waals surface area contributed by atoms with Gasteiger partial charge in [-0.3, -0.25) is 9.59 Å². The lowest BCUT2D eigenvalue weighted by Gasteiger charge is -2.13. The Bertz CT molecular complexity index is 997. The van der Waals surface area contributed by atoms with Crippen LogP contribution in [0, 0.1) is 5.82 Å². The van der Waals surface area contributed by atoms with Crippen LogP contribution in [-0.4, -0.2) is 23.0 Å². The molecule has 1 unspecified atom stereocenters. The highest BCUT2D eigenvalue weighted by Gasteiger charge is 2.18. The van der Waals surface area contributed by atoms with Gasteiger partial charge in [0.1, 0.15) is 5.82 Å². The molecule has 1 amide bonds. The maximum Gasteiger partial charge on any atom is 0.307 e. The van der Waals surface area contributed by atoms with Crippen LogP contribution in [0.25, 0.3) is 11.3 Å². The van der Waals surface area contributed by atoms with Crippen molar-refractivity contribution < 1.29 is 23.1 Å². The number of aromatic nitrogens is 1. The number of amides is 1. The first-order chi connectivity index (χ1) is 14.4. The highest BCUT2D eigenvalue weighted by atomic mass is 19.1. The molecule has 0 aliphatic carbocycles. The van der Waals surface area contributed by atoms with Gasteiger partial charge >= 0.3 is 5.97 Å². The molecule has 0 radical (unpaired) electrons. The van der Waals surface area contributed by atoms with Crippen LogP contribution in [0.5, 0.6) is 0 Å². The van der Waals surface area contributed by atoms with Crippen molar-refractivity contribution in [3.05, 3.63) is 72.0 Å². The fourth-order valence-electron chi connectivity index (χ4n) is 2.76. The zero-order valence-electron chi connectivity index (χ0n) is 16.9. The second kappa shape index (κ2) is 9.82. The number of hydrogen-bond donors (Lipinski definition) is 1. The number of nitrogens with one attached hydrogen (secondary N) is 1. The number of oxazole rings is 1. The van der Waals surface area contributed by atoms with Crippen molar-refractivity contribution in [1.82, 2.24) is 4.98 Å². The first-order valence-electron chi connectivity index (χ1n) is 9.74. The van der Waals surface area contributed by atoms with E-state index < -0.39 is 18.0 Å². The summed E-state index contributed by atoms with van der Waals surface area (Å²) in [6.07, 6.45) is 1.76. The second-order valence-electron chi connectivity index (χ2n) is 6.80. The first kappa shape index (κ1) is 21.2. The standard InChI is InChI=1S/C23H23FN2O4/c1-3-16-4-10-19(11-5-16)26-23(28)15(2)29-22(27)13-12-21-25-14-20(30-21)17-6-8-18(24)9-7-17/h4-11,14-15H,3,12-13H2,1-2H3,(H,26,28). The Balaban J connectivity index is 1.46. The van der Waals surface area contributed by atoms with E-state index in [9.17, 15) is 14.0 Å². The Morgan fingerprint density at radius 2 is 1.83 bits per heavy atom. The van der Waals surface area contributed by atoms with Crippen molar-refractivity contribution in [2.75, 3.05) is 5.32 Å². The highest BCUT2D eigenvalue weighted by Crippen LogP contribution is 2.21. The van der Waals surface area contributed by atoms with E-state index in [1.165, 1.54) is 30.8 Å². The van der Waals surface area contributed by atoms with Gasteiger partial charge in [-0.05, 0) is 55.3 Å². The van der Waals surface area contributed by atoms with E-state index in [-0.39, 0.29) is 18.7 Å². The summed E-state index contributed by atoms with van der Waals surface area (Å²) >= 11 is 0. The molecule has 0 bridgehead atoms. The molecule has 0 fully saturated rings. The molecule has 0 saturated carbocycles. The predicted octanol–water partition coefficient (Wildman–Crippen LogP) is 4.55. The van der Waals surface area contributed by atoms with Gasteiger partial charge in [-0.1, -0.05) is 19.1 Å². The van der Waals surface area contributed by atoms with E-state index >= 15 is 0 Å². The highest BCUT2D eigenvalue weighted by molar-refractivity contribution is 5.95. The minimum atomic E-state index is -0.928. The molecule has 1 N–H and O–H groups in total. The van der Waals surface area contributed by atoms with Crippen LogP contribution >= 0.6 is 0 Å². The van der Waals surface area contributed by atoms with Gasteiger partial charge < -0.3 is 14.5 Å². The van der Waals surface area contributed by atoms with E-state index in [0.29, 0.717) is 22.9 Å². The Hall–Kier alpha value is -3.48. The largest absolute Gasteiger partial charge is 0.453 e. The van der Waals surface area contributed by atoms with Crippen LogP contribution in [0.15, 0.2) is 59.1 Å². The molecule has 0 aliphatic heterocycles. The second-order valence-corrected chi connectivity index (χ2v) is 6.80. The van der Waals surface area contributed by atoms with Crippen molar-refractivity contribution in [3.63, 3.8) is 0 Å². The number of esters is 1. The lowest BCUT2D eigenvalue weighted by Crippen LogP contribution is -2.30. The number of benzene rings is 2. The third-order valence-electron chi connectivity index (χ3n) is 4.53. The quantitative estimate of drug-likeness (QED) is 0.551. The number of rotatable bonds is 8. The summed E-state index contributed by atoms with van der Waals surface area (Å²) in [5.74, 6) is -0.417. The van der Waals surface area contributed by atoms with Crippen LogP contribution < -0.4 is 5.32 Å². The fraction of sp³-hybridized carbons (Fsp3) is 0.261. The number of carbonyl (C=O) groups is 2. The van der Waals surface area contributed by atoms with E-state index in [1.54, 1.807) is 12.1 Å². The van der Waals surface area contributed by atoms with Crippen molar-refractivity contribution in [1.29, 1.82) is 0 Å². The summed E-state index contributed by atoms with van der Waals surface area (Å²) in [5.41, 5.74) is 2.50. The number of anilines is 1. The van der Waals surface area contributed by atoms with Gasteiger partial charge in [0.05, 0.1) is 12.6 Å². The van der Waals surface area contributed by atoms with Gasteiger partial charge in [0.2, 0.25) is 0 Å². The third kappa shape index (κ3) is 5.76. The van der Waals surface area contributed by atoms with E-state index in [0.717, 1.165) is 6.42 Å².